The molecule has 0 spiro atoms. The smallest absolute Gasteiger partial charge is 0.0897 e. The van der Waals surface area contributed by atoms with Crippen LogP contribution in [0.4, 0.5) is 0 Å². The molecule has 0 saturated heterocycles. The molecule has 4 heteroatoms. The van der Waals surface area contributed by atoms with Crippen molar-refractivity contribution in [1.82, 2.24) is 9.88 Å². The first-order chi connectivity index (χ1) is 9.10. The van der Waals surface area contributed by atoms with Gasteiger partial charge in [-0.05, 0) is 26.5 Å². The van der Waals surface area contributed by atoms with E-state index >= 15 is 0 Å². The SMILES string of the molecule is Cc1cccc(C(CN)N(C)Cc2csc(C)n2)c1. The van der Waals surface area contributed by atoms with Crippen molar-refractivity contribution >= 4 is 11.3 Å². The van der Waals surface area contributed by atoms with Crippen LogP contribution in [0.5, 0.6) is 0 Å². The number of aryl methyl sites for hydroxylation is 2. The van der Waals surface area contributed by atoms with Crippen molar-refractivity contribution in [2.45, 2.75) is 26.4 Å². The summed E-state index contributed by atoms with van der Waals surface area (Å²) in [7, 11) is 2.11. The lowest BCUT2D eigenvalue weighted by Gasteiger charge is -2.27. The van der Waals surface area contributed by atoms with Gasteiger partial charge in [-0.15, -0.1) is 11.3 Å². The number of rotatable bonds is 5. The van der Waals surface area contributed by atoms with Crippen LogP contribution in [0.2, 0.25) is 0 Å². The van der Waals surface area contributed by atoms with Crippen molar-refractivity contribution in [1.29, 1.82) is 0 Å². The van der Waals surface area contributed by atoms with Crippen molar-refractivity contribution in [3.63, 3.8) is 0 Å². The normalized spacial score (nSPS) is 12.9. The fourth-order valence-electron chi connectivity index (χ4n) is 2.29. The second-order valence-electron chi connectivity index (χ2n) is 4.94. The Bertz CT molecular complexity index is 536. The molecule has 3 nitrogen and oxygen atoms in total. The first-order valence-electron chi connectivity index (χ1n) is 6.48. The van der Waals surface area contributed by atoms with E-state index in [9.17, 15) is 0 Å². The Balaban J connectivity index is 2.12. The van der Waals surface area contributed by atoms with Gasteiger partial charge in [0.2, 0.25) is 0 Å². The van der Waals surface area contributed by atoms with Crippen LogP contribution in [0, 0.1) is 13.8 Å². The predicted octanol–water partition coefficient (Wildman–Crippen LogP) is 2.89. The third-order valence-electron chi connectivity index (χ3n) is 3.26. The minimum atomic E-state index is 0.238. The van der Waals surface area contributed by atoms with Crippen LogP contribution in [0.25, 0.3) is 0 Å². The van der Waals surface area contributed by atoms with Crippen molar-refractivity contribution in [3.05, 3.63) is 51.5 Å². The number of nitrogens with two attached hydrogens (primary N) is 1. The molecule has 2 N–H and O–H groups in total. The summed E-state index contributed by atoms with van der Waals surface area (Å²) in [4.78, 5) is 6.78. The summed E-state index contributed by atoms with van der Waals surface area (Å²) in [6.07, 6.45) is 0. The quantitative estimate of drug-likeness (QED) is 0.912. The second kappa shape index (κ2) is 6.28. The molecular formula is C15H21N3S. The zero-order valence-corrected chi connectivity index (χ0v) is 12.6. The van der Waals surface area contributed by atoms with Gasteiger partial charge in [-0.3, -0.25) is 4.90 Å². The van der Waals surface area contributed by atoms with E-state index < -0.39 is 0 Å². The molecule has 2 aromatic rings. The second-order valence-corrected chi connectivity index (χ2v) is 6.00. The number of hydrogen-bond acceptors (Lipinski definition) is 4. The molecule has 0 radical (unpaired) electrons. The molecule has 19 heavy (non-hydrogen) atoms. The lowest BCUT2D eigenvalue weighted by molar-refractivity contribution is 0.239. The highest BCUT2D eigenvalue weighted by Crippen LogP contribution is 2.21. The number of benzene rings is 1. The van der Waals surface area contributed by atoms with E-state index in [1.165, 1.54) is 11.1 Å². The molecule has 0 saturated carbocycles. The Morgan fingerprint density at radius 2 is 2.16 bits per heavy atom. The molecule has 0 bridgehead atoms. The van der Waals surface area contributed by atoms with E-state index in [2.05, 4.69) is 53.5 Å². The molecular weight excluding hydrogens is 254 g/mol. The average Bonchev–Trinajstić information content (AvgIpc) is 2.75. The number of hydrogen-bond donors (Lipinski definition) is 1. The Morgan fingerprint density at radius 3 is 2.74 bits per heavy atom. The Hall–Kier alpha value is -1.23. The van der Waals surface area contributed by atoms with Crippen LogP contribution in [0.15, 0.2) is 29.6 Å². The van der Waals surface area contributed by atoms with Crippen LogP contribution in [0.1, 0.15) is 27.9 Å². The zero-order chi connectivity index (χ0) is 13.8. The van der Waals surface area contributed by atoms with Gasteiger partial charge in [0.1, 0.15) is 0 Å². The minimum Gasteiger partial charge on any atom is -0.329 e. The van der Waals surface area contributed by atoms with Crippen molar-refractivity contribution < 1.29 is 0 Å². The van der Waals surface area contributed by atoms with Gasteiger partial charge >= 0.3 is 0 Å². The molecule has 1 heterocycles. The largest absolute Gasteiger partial charge is 0.329 e. The lowest BCUT2D eigenvalue weighted by Crippen LogP contribution is -2.30. The molecule has 1 unspecified atom stereocenters. The molecule has 0 aliphatic rings. The number of likely N-dealkylation sites (N-methyl/N-ethyl adjacent to an activating group) is 1. The molecule has 0 aliphatic heterocycles. The summed E-state index contributed by atoms with van der Waals surface area (Å²) in [6.45, 7) is 5.60. The highest BCUT2D eigenvalue weighted by molar-refractivity contribution is 7.09. The molecule has 1 aromatic carbocycles. The van der Waals surface area contributed by atoms with Gasteiger partial charge in [-0.25, -0.2) is 4.98 Å². The standard InChI is InChI=1S/C15H21N3S/c1-11-5-4-6-13(7-11)15(8-16)18(3)9-14-10-19-12(2)17-14/h4-7,10,15H,8-9,16H2,1-3H3. The van der Waals surface area contributed by atoms with Gasteiger partial charge in [0.15, 0.2) is 0 Å². The van der Waals surface area contributed by atoms with Crippen molar-refractivity contribution in [2.75, 3.05) is 13.6 Å². The summed E-state index contributed by atoms with van der Waals surface area (Å²) < 4.78 is 0. The first-order valence-corrected chi connectivity index (χ1v) is 7.36. The first kappa shape index (κ1) is 14.2. The van der Waals surface area contributed by atoms with Gasteiger partial charge in [-0.1, -0.05) is 29.8 Å². The minimum absolute atomic E-state index is 0.238. The fraction of sp³-hybridized carbons (Fsp3) is 0.400. The van der Waals surface area contributed by atoms with E-state index in [0.717, 1.165) is 17.2 Å². The molecule has 1 aromatic heterocycles. The summed E-state index contributed by atoms with van der Waals surface area (Å²) in [6, 6.07) is 8.80. The Kier molecular flexibility index (Phi) is 4.69. The van der Waals surface area contributed by atoms with Gasteiger partial charge in [0.25, 0.3) is 0 Å². The van der Waals surface area contributed by atoms with Crippen molar-refractivity contribution in [3.8, 4) is 0 Å². The predicted molar refractivity (Wildman–Crippen MR) is 81.3 cm³/mol. The summed E-state index contributed by atoms with van der Waals surface area (Å²) >= 11 is 1.69. The highest BCUT2D eigenvalue weighted by Gasteiger charge is 2.16. The summed E-state index contributed by atoms with van der Waals surface area (Å²) in [5.41, 5.74) is 9.62. The highest BCUT2D eigenvalue weighted by atomic mass is 32.1. The van der Waals surface area contributed by atoms with E-state index in [0.29, 0.717) is 6.54 Å². The molecule has 0 amide bonds. The maximum atomic E-state index is 5.96. The zero-order valence-electron chi connectivity index (χ0n) is 11.8. The molecule has 102 valence electrons. The number of thiazole rings is 1. The van der Waals surface area contributed by atoms with E-state index in [-0.39, 0.29) is 6.04 Å². The van der Waals surface area contributed by atoms with E-state index in [4.69, 9.17) is 5.73 Å². The molecule has 0 fully saturated rings. The van der Waals surface area contributed by atoms with Crippen molar-refractivity contribution in [2.24, 2.45) is 5.73 Å². The van der Waals surface area contributed by atoms with Crippen LogP contribution >= 0.6 is 11.3 Å². The number of nitrogens with zero attached hydrogens (tertiary/aromatic N) is 2. The van der Waals surface area contributed by atoms with E-state index in [1.807, 2.05) is 6.92 Å². The fourth-order valence-corrected chi connectivity index (χ4v) is 2.90. The Labute approximate surface area is 119 Å². The van der Waals surface area contributed by atoms with Gasteiger partial charge in [-0.2, -0.15) is 0 Å². The molecule has 0 aliphatic carbocycles. The van der Waals surface area contributed by atoms with Crippen LogP contribution in [0.3, 0.4) is 0 Å². The maximum absolute atomic E-state index is 5.96. The summed E-state index contributed by atoms with van der Waals surface area (Å²) in [5.74, 6) is 0. The third kappa shape index (κ3) is 3.62. The lowest BCUT2D eigenvalue weighted by atomic mass is 10.0. The Morgan fingerprint density at radius 1 is 1.37 bits per heavy atom. The van der Waals surface area contributed by atoms with Gasteiger partial charge in [0, 0.05) is 24.5 Å². The maximum Gasteiger partial charge on any atom is 0.0897 e. The van der Waals surface area contributed by atoms with Crippen LogP contribution in [-0.2, 0) is 6.54 Å². The van der Waals surface area contributed by atoms with Gasteiger partial charge < -0.3 is 5.73 Å². The molecule has 2 rings (SSSR count). The average molecular weight is 275 g/mol. The molecule has 1 atom stereocenters. The van der Waals surface area contributed by atoms with Crippen LogP contribution in [-0.4, -0.2) is 23.5 Å². The monoisotopic (exact) mass is 275 g/mol. The topological polar surface area (TPSA) is 42.1 Å². The number of aromatic nitrogens is 1. The van der Waals surface area contributed by atoms with Crippen LogP contribution < -0.4 is 5.73 Å². The van der Waals surface area contributed by atoms with E-state index in [1.54, 1.807) is 11.3 Å². The summed E-state index contributed by atoms with van der Waals surface area (Å²) in [5, 5.41) is 3.23. The third-order valence-corrected chi connectivity index (χ3v) is 4.08. The van der Waals surface area contributed by atoms with Gasteiger partial charge in [0.05, 0.1) is 10.7 Å².